The van der Waals surface area contributed by atoms with Gasteiger partial charge < -0.3 is 16.0 Å². The van der Waals surface area contributed by atoms with Gasteiger partial charge in [0.1, 0.15) is 0 Å². The molecule has 1 aromatic carbocycles. The molecule has 1 aromatic rings. The Morgan fingerprint density at radius 3 is 3.00 bits per heavy atom. The maximum atomic E-state index is 11.8. The molecule has 1 aliphatic heterocycles. The number of carbonyl (C=O) groups is 2. The Hall–Kier alpha value is -2.30. The quantitative estimate of drug-likeness (QED) is 0.579. The number of nitrogens with two attached hydrogens (primary N) is 1. The molecule has 1 saturated heterocycles. The van der Waals surface area contributed by atoms with Gasteiger partial charge in [-0.1, -0.05) is 12.1 Å². The minimum atomic E-state index is -0.160. The number of nitrogens with one attached hydrogen (secondary N) is 1. The standard InChI is InChI=1S/C13H15N3O2/c14-11-3-1-2-10(8-11)4-5-13(18)16-7-6-15-12(17)9-16/h1-5,8H,6-7,9,14H2,(H,15,17)/b5-4+. The van der Waals surface area contributed by atoms with Crippen LogP contribution in [-0.4, -0.2) is 36.3 Å². The number of nitrogens with zero attached hydrogens (tertiary/aromatic N) is 1. The Morgan fingerprint density at radius 2 is 2.28 bits per heavy atom. The highest BCUT2D eigenvalue weighted by molar-refractivity contribution is 5.95. The molecule has 1 aliphatic rings. The number of anilines is 1. The second-order valence-electron chi connectivity index (χ2n) is 4.11. The van der Waals surface area contributed by atoms with E-state index in [1.165, 1.54) is 11.0 Å². The molecule has 0 unspecified atom stereocenters. The molecule has 2 amide bonds. The van der Waals surface area contributed by atoms with Crippen molar-refractivity contribution < 1.29 is 9.59 Å². The lowest BCUT2D eigenvalue weighted by Gasteiger charge is -2.25. The number of rotatable bonds is 2. The van der Waals surface area contributed by atoms with Crippen LogP contribution in [0, 0.1) is 0 Å². The van der Waals surface area contributed by atoms with Gasteiger partial charge in [0.05, 0.1) is 6.54 Å². The first kappa shape index (κ1) is 12.2. The largest absolute Gasteiger partial charge is 0.399 e. The first-order valence-corrected chi connectivity index (χ1v) is 5.74. The van der Waals surface area contributed by atoms with Gasteiger partial charge in [-0.15, -0.1) is 0 Å². The van der Waals surface area contributed by atoms with Crippen molar-refractivity contribution in [3.05, 3.63) is 35.9 Å². The average Bonchev–Trinajstić information content (AvgIpc) is 2.36. The maximum Gasteiger partial charge on any atom is 0.247 e. The molecule has 5 heteroatoms. The van der Waals surface area contributed by atoms with Crippen LogP contribution in [0.15, 0.2) is 30.3 Å². The molecular weight excluding hydrogens is 230 g/mol. The second-order valence-corrected chi connectivity index (χ2v) is 4.11. The third-order valence-electron chi connectivity index (χ3n) is 2.68. The van der Waals surface area contributed by atoms with Gasteiger partial charge >= 0.3 is 0 Å². The van der Waals surface area contributed by atoms with E-state index in [1.54, 1.807) is 18.2 Å². The van der Waals surface area contributed by atoms with E-state index < -0.39 is 0 Å². The van der Waals surface area contributed by atoms with Crippen molar-refractivity contribution in [2.75, 3.05) is 25.4 Å². The molecule has 0 aromatic heterocycles. The topological polar surface area (TPSA) is 75.4 Å². The van der Waals surface area contributed by atoms with Gasteiger partial charge in [-0.05, 0) is 23.8 Å². The van der Waals surface area contributed by atoms with Crippen LogP contribution in [0.1, 0.15) is 5.56 Å². The van der Waals surface area contributed by atoms with E-state index in [9.17, 15) is 9.59 Å². The number of nitrogen functional groups attached to an aromatic ring is 1. The summed E-state index contributed by atoms with van der Waals surface area (Å²) in [6.07, 6.45) is 3.17. The molecule has 18 heavy (non-hydrogen) atoms. The van der Waals surface area contributed by atoms with Gasteiger partial charge in [0, 0.05) is 24.9 Å². The van der Waals surface area contributed by atoms with E-state index in [4.69, 9.17) is 5.73 Å². The van der Waals surface area contributed by atoms with Gasteiger partial charge in [-0.3, -0.25) is 9.59 Å². The minimum Gasteiger partial charge on any atom is -0.399 e. The number of benzene rings is 1. The molecule has 94 valence electrons. The lowest BCUT2D eigenvalue weighted by atomic mass is 10.2. The third-order valence-corrected chi connectivity index (χ3v) is 2.68. The Morgan fingerprint density at radius 1 is 1.44 bits per heavy atom. The number of amides is 2. The van der Waals surface area contributed by atoms with E-state index in [0.717, 1.165) is 5.56 Å². The van der Waals surface area contributed by atoms with Crippen LogP contribution in [-0.2, 0) is 9.59 Å². The first-order chi connectivity index (χ1) is 8.65. The van der Waals surface area contributed by atoms with E-state index >= 15 is 0 Å². The van der Waals surface area contributed by atoms with Crippen LogP contribution in [0.3, 0.4) is 0 Å². The Labute approximate surface area is 105 Å². The van der Waals surface area contributed by atoms with Gasteiger partial charge in [0.25, 0.3) is 0 Å². The molecule has 5 nitrogen and oxygen atoms in total. The molecule has 1 fully saturated rings. The Balaban J connectivity index is 2.00. The summed E-state index contributed by atoms with van der Waals surface area (Å²) in [6, 6.07) is 7.26. The predicted octanol–water partition coefficient (Wildman–Crippen LogP) is 0.240. The van der Waals surface area contributed by atoms with Crippen molar-refractivity contribution in [3.8, 4) is 0 Å². The van der Waals surface area contributed by atoms with Gasteiger partial charge in [-0.25, -0.2) is 0 Å². The van der Waals surface area contributed by atoms with Crippen LogP contribution in [0.4, 0.5) is 5.69 Å². The molecule has 1 heterocycles. The van der Waals surface area contributed by atoms with Crippen LogP contribution in [0.2, 0.25) is 0 Å². The van der Waals surface area contributed by atoms with E-state index in [-0.39, 0.29) is 18.4 Å². The summed E-state index contributed by atoms with van der Waals surface area (Å²) in [5.74, 6) is -0.278. The van der Waals surface area contributed by atoms with Crippen molar-refractivity contribution in [1.29, 1.82) is 0 Å². The summed E-state index contributed by atoms with van der Waals surface area (Å²) in [5, 5.41) is 2.67. The first-order valence-electron chi connectivity index (χ1n) is 5.74. The zero-order valence-corrected chi connectivity index (χ0v) is 9.93. The van der Waals surface area contributed by atoms with Crippen LogP contribution < -0.4 is 11.1 Å². The number of piperazine rings is 1. The number of hydrogen-bond donors (Lipinski definition) is 2. The zero-order valence-electron chi connectivity index (χ0n) is 9.93. The molecular formula is C13H15N3O2. The summed E-state index contributed by atoms with van der Waals surface area (Å²) >= 11 is 0. The Bertz CT molecular complexity index is 497. The highest BCUT2D eigenvalue weighted by atomic mass is 16.2. The van der Waals surface area contributed by atoms with Crippen molar-refractivity contribution in [1.82, 2.24) is 10.2 Å². The molecule has 0 bridgehead atoms. The highest BCUT2D eigenvalue weighted by Crippen LogP contribution is 2.08. The van der Waals surface area contributed by atoms with Gasteiger partial charge in [0.15, 0.2) is 0 Å². The SMILES string of the molecule is Nc1cccc(/C=C/C(=O)N2CCNC(=O)C2)c1. The predicted molar refractivity (Wildman–Crippen MR) is 69.5 cm³/mol. The third kappa shape index (κ3) is 3.10. The molecule has 3 N–H and O–H groups in total. The highest BCUT2D eigenvalue weighted by Gasteiger charge is 2.18. The average molecular weight is 245 g/mol. The van der Waals surface area contributed by atoms with Crippen molar-refractivity contribution >= 4 is 23.6 Å². The second kappa shape index (κ2) is 5.35. The van der Waals surface area contributed by atoms with Gasteiger partial charge in [0.2, 0.25) is 11.8 Å². The van der Waals surface area contributed by atoms with Crippen LogP contribution in [0.5, 0.6) is 0 Å². The normalized spacial score (nSPS) is 15.8. The molecule has 0 radical (unpaired) electrons. The van der Waals surface area contributed by atoms with Gasteiger partial charge in [-0.2, -0.15) is 0 Å². The summed E-state index contributed by atoms with van der Waals surface area (Å²) in [7, 11) is 0. The van der Waals surface area contributed by atoms with Crippen molar-refractivity contribution in [2.24, 2.45) is 0 Å². The summed E-state index contributed by atoms with van der Waals surface area (Å²) in [4.78, 5) is 24.5. The summed E-state index contributed by atoms with van der Waals surface area (Å²) in [6.45, 7) is 1.18. The van der Waals surface area contributed by atoms with E-state index in [2.05, 4.69) is 5.32 Å². The monoisotopic (exact) mass is 245 g/mol. The molecule has 0 spiro atoms. The maximum absolute atomic E-state index is 11.8. The molecule has 0 saturated carbocycles. The fourth-order valence-electron chi connectivity index (χ4n) is 1.76. The smallest absolute Gasteiger partial charge is 0.247 e. The Kier molecular flexibility index (Phi) is 3.62. The molecule has 0 aliphatic carbocycles. The zero-order chi connectivity index (χ0) is 13.0. The molecule has 0 atom stereocenters. The fraction of sp³-hybridized carbons (Fsp3) is 0.231. The van der Waals surface area contributed by atoms with E-state index in [1.807, 2.05) is 12.1 Å². The summed E-state index contributed by atoms with van der Waals surface area (Å²) in [5.41, 5.74) is 7.16. The van der Waals surface area contributed by atoms with Crippen molar-refractivity contribution in [2.45, 2.75) is 0 Å². The minimum absolute atomic E-state index is 0.119. The van der Waals surface area contributed by atoms with Crippen molar-refractivity contribution in [3.63, 3.8) is 0 Å². The fourth-order valence-corrected chi connectivity index (χ4v) is 1.76. The lowest BCUT2D eigenvalue weighted by molar-refractivity contribution is -0.134. The summed E-state index contributed by atoms with van der Waals surface area (Å²) < 4.78 is 0. The van der Waals surface area contributed by atoms with Crippen LogP contribution in [0.25, 0.3) is 6.08 Å². The molecule has 2 rings (SSSR count). The van der Waals surface area contributed by atoms with Crippen LogP contribution >= 0.6 is 0 Å². The number of hydrogen-bond acceptors (Lipinski definition) is 3. The van der Waals surface area contributed by atoms with E-state index in [0.29, 0.717) is 18.8 Å². The number of carbonyl (C=O) groups excluding carboxylic acids is 2. The lowest BCUT2D eigenvalue weighted by Crippen LogP contribution is -2.49.